The predicted molar refractivity (Wildman–Crippen MR) is 81.3 cm³/mol. The number of rotatable bonds is 6. The van der Waals surface area contributed by atoms with Gasteiger partial charge in [-0.15, -0.1) is 0 Å². The van der Waals surface area contributed by atoms with Gasteiger partial charge in [-0.1, -0.05) is 31.5 Å². The van der Waals surface area contributed by atoms with Gasteiger partial charge in [0.25, 0.3) is 0 Å². The second-order valence-electron chi connectivity index (χ2n) is 5.79. The number of nitrogens with two attached hydrogens (primary N) is 1. The molecule has 0 saturated carbocycles. The molecule has 0 aliphatic carbocycles. The Morgan fingerprint density at radius 3 is 2.56 bits per heavy atom. The number of hydrogen-bond acceptors (Lipinski definition) is 2. The van der Waals surface area contributed by atoms with Crippen LogP contribution >= 0.6 is 11.6 Å². The summed E-state index contributed by atoms with van der Waals surface area (Å²) in [4.78, 5) is 0. The lowest BCUT2D eigenvalue weighted by atomic mass is 9.91. The van der Waals surface area contributed by atoms with Gasteiger partial charge in [0.15, 0.2) is 0 Å². The molecule has 0 aromatic heterocycles. The summed E-state index contributed by atoms with van der Waals surface area (Å²) in [6, 6.07) is 6.06. The normalized spacial score (nSPS) is 14.6. The standard InChI is InChI=1S/C15H25ClN2/c1-11(2)7-8-15(4,10-17)18-13-6-5-12(3)14(16)9-13/h5-6,9,11,18H,7-8,10,17H2,1-4H3. The number of aryl methyl sites for hydroxylation is 1. The van der Waals surface area contributed by atoms with Crippen LogP contribution in [-0.2, 0) is 0 Å². The van der Waals surface area contributed by atoms with Gasteiger partial charge in [-0.25, -0.2) is 0 Å². The third kappa shape index (κ3) is 4.51. The van der Waals surface area contributed by atoms with Crippen LogP contribution in [0.4, 0.5) is 5.69 Å². The fourth-order valence-electron chi connectivity index (χ4n) is 1.84. The molecule has 3 N–H and O–H groups in total. The summed E-state index contributed by atoms with van der Waals surface area (Å²) in [5.41, 5.74) is 7.99. The number of nitrogens with one attached hydrogen (secondary N) is 1. The van der Waals surface area contributed by atoms with E-state index in [0.717, 1.165) is 22.7 Å². The molecule has 102 valence electrons. The van der Waals surface area contributed by atoms with Crippen molar-refractivity contribution >= 4 is 17.3 Å². The Labute approximate surface area is 116 Å². The van der Waals surface area contributed by atoms with Gasteiger partial charge in [-0.2, -0.15) is 0 Å². The molecule has 0 aliphatic heterocycles. The summed E-state index contributed by atoms with van der Waals surface area (Å²) >= 11 is 6.14. The van der Waals surface area contributed by atoms with E-state index < -0.39 is 0 Å². The molecular formula is C15H25ClN2. The van der Waals surface area contributed by atoms with Gasteiger partial charge >= 0.3 is 0 Å². The number of anilines is 1. The molecule has 2 nitrogen and oxygen atoms in total. The summed E-state index contributed by atoms with van der Waals surface area (Å²) in [6.45, 7) is 9.26. The molecule has 1 unspecified atom stereocenters. The second kappa shape index (κ2) is 6.44. The number of hydrogen-bond donors (Lipinski definition) is 2. The molecule has 0 aliphatic rings. The van der Waals surface area contributed by atoms with Crippen LogP contribution in [0, 0.1) is 12.8 Å². The lowest BCUT2D eigenvalue weighted by Crippen LogP contribution is -2.42. The Morgan fingerprint density at radius 1 is 1.39 bits per heavy atom. The van der Waals surface area contributed by atoms with Crippen LogP contribution in [0.25, 0.3) is 0 Å². The molecule has 0 bridgehead atoms. The highest BCUT2D eigenvalue weighted by molar-refractivity contribution is 6.31. The van der Waals surface area contributed by atoms with Gasteiger partial charge in [0.1, 0.15) is 0 Å². The van der Waals surface area contributed by atoms with E-state index in [2.05, 4.69) is 32.2 Å². The topological polar surface area (TPSA) is 38.0 Å². The van der Waals surface area contributed by atoms with Gasteiger partial charge in [0.2, 0.25) is 0 Å². The Morgan fingerprint density at radius 2 is 2.06 bits per heavy atom. The first-order chi connectivity index (χ1) is 8.36. The van der Waals surface area contributed by atoms with Crippen molar-refractivity contribution in [1.82, 2.24) is 0 Å². The SMILES string of the molecule is Cc1ccc(NC(C)(CN)CCC(C)C)cc1Cl. The van der Waals surface area contributed by atoms with Gasteiger partial charge in [-0.3, -0.25) is 0 Å². The summed E-state index contributed by atoms with van der Waals surface area (Å²) in [7, 11) is 0. The Bertz CT molecular complexity index is 390. The van der Waals surface area contributed by atoms with Crippen molar-refractivity contribution in [1.29, 1.82) is 0 Å². The minimum Gasteiger partial charge on any atom is -0.379 e. The molecule has 1 rings (SSSR count). The molecular weight excluding hydrogens is 244 g/mol. The monoisotopic (exact) mass is 268 g/mol. The maximum atomic E-state index is 6.14. The van der Waals surface area contributed by atoms with Crippen molar-refractivity contribution in [2.45, 2.75) is 46.1 Å². The van der Waals surface area contributed by atoms with Crippen LogP contribution in [-0.4, -0.2) is 12.1 Å². The Balaban J connectivity index is 2.74. The van der Waals surface area contributed by atoms with Crippen LogP contribution in [0.5, 0.6) is 0 Å². The molecule has 3 heteroatoms. The maximum Gasteiger partial charge on any atom is 0.0467 e. The average Bonchev–Trinajstić information content (AvgIpc) is 2.31. The van der Waals surface area contributed by atoms with E-state index in [0.29, 0.717) is 12.5 Å². The number of benzene rings is 1. The highest BCUT2D eigenvalue weighted by Gasteiger charge is 2.22. The maximum absolute atomic E-state index is 6.14. The highest BCUT2D eigenvalue weighted by Crippen LogP contribution is 2.25. The minimum atomic E-state index is -0.0666. The Hall–Kier alpha value is -0.730. The second-order valence-corrected chi connectivity index (χ2v) is 6.19. The van der Waals surface area contributed by atoms with Gasteiger partial charge in [0.05, 0.1) is 0 Å². The van der Waals surface area contributed by atoms with Crippen molar-refractivity contribution in [3.63, 3.8) is 0 Å². The fraction of sp³-hybridized carbons (Fsp3) is 0.600. The van der Waals surface area contributed by atoms with Crippen molar-refractivity contribution < 1.29 is 0 Å². The summed E-state index contributed by atoms with van der Waals surface area (Å²) < 4.78 is 0. The molecule has 0 spiro atoms. The van der Waals surface area contributed by atoms with Crippen LogP contribution in [0.2, 0.25) is 5.02 Å². The molecule has 1 aromatic rings. The first-order valence-corrected chi connectivity index (χ1v) is 6.98. The van der Waals surface area contributed by atoms with E-state index in [1.807, 2.05) is 19.1 Å². The highest BCUT2D eigenvalue weighted by atomic mass is 35.5. The van der Waals surface area contributed by atoms with E-state index in [-0.39, 0.29) is 5.54 Å². The molecule has 0 amide bonds. The fourth-order valence-corrected chi connectivity index (χ4v) is 2.02. The number of halogens is 1. The first kappa shape index (κ1) is 15.3. The quantitative estimate of drug-likeness (QED) is 0.811. The predicted octanol–water partition coefficient (Wildman–Crippen LogP) is 4.21. The third-order valence-corrected chi connectivity index (χ3v) is 3.75. The van der Waals surface area contributed by atoms with E-state index >= 15 is 0 Å². The van der Waals surface area contributed by atoms with Gasteiger partial charge in [0, 0.05) is 22.8 Å². The zero-order chi connectivity index (χ0) is 13.8. The van der Waals surface area contributed by atoms with E-state index in [1.165, 1.54) is 6.42 Å². The molecule has 0 heterocycles. The van der Waals surface area contributed by atoms with E-state index in [4.69, 9.17) is 17.3 Å². The van der Waals surface area contributed by atoms with Crippen LogP contribution in [0.15, 0.2) is 18.2 Å². The van der Waals surface area contributed by atoms with Crippen molar-refractivity contribution in [2.75, 3.05) is 11.9 Å². The van der Waals surface area contributed by atoms with Crippen LogP contribution in [0.1, 0.15) is 39.2 Å². The van der Waals surface area contributed by atoms with Gasteiger partial charge < -0.3 is 11.1 Å². The molecule has 0 radical (unpaired) electrons. The van der Waals surface area contributed by atoms with Gasteiger partial charge in [-0.05, 0) is 50.3 Å². The molecule has 0 fully saturated rings. The van der Waals surface area contributed by atoms with Crippen LogP contribution in [0.3, 0.4) is 0 Å². The summed E-state index contributed by atoms with van der Waals surface area (Å²) in [5.74, 6) is 0.694. The summed E-state index contributed by atoms with van der Waals surface area (Å²) in [5, 5.41) is 4.31. The Kier molecular flexibility index (Phi) is 5.48. The lowest BCUT2D eigenvalue weighted by Gasteiger charge is -2.31. The first-order valence-electron chi connectivity index (χ1n) is 6.61. The minimum absolute atomic E-state index is 0.0666. The molecule has 18 heavy (non-hydrogen) atoms. The lowest BCUT2D eigenvalue weighted by molar-refractivity contribution is 0.420. The largest absolute Gasteiger partial charge is 0.379 e. The van der Waals surface area contributed by atoms with E-state index in [9.17, 15) is 0 Å². The van der Waals surface area contributed by atoms with Crippen molar-refractivity contribution in [2.24, 2.45) is 11.7 Å². The average molecular weight is 269 g/mol. The van der Waals surface area contributed by atoms with Crippen molar-refractivity contribution in [3.05, 3.63) is 28.8 Å². The smallest absolute Gasteiger partial charge is 0.0467 e. The zero-order valence-electron chi connectivity index (χ0n) is 11.9. The van der Waals surface area contributed by atoms with Crippen molar-refractivity contribution in [3.8, 4) is 0 Å². The molecule has 1 atom stereocenters. The molecule has 0 saturated heterocycles. The zero-order valence-corrected chi connectivity index (χ0v) is 12.6. The summed E-state index contributed by atoms with van der Waals surface area (Å²) in [6.07, 6.45) is 2.23. The van der Waals surface area contributed by atoms with Crippen LogP contribution < -0.4 is 11.1 Å². The molecule has 1 aromatic carbocycles. The van der Waals surface area contributed by atoms with E-state index in [1.54, 1.807) is 0 Å². The third-order valence-electron chi connectivity index (χ3n) is 3.34.